The van der Waals surface area contributed by atoms with Crippen molar-refractivity contribution in [2.45, 2.75) is 45.6 Å². The predicted molar refractivity (Wildman–Crippen MR) is 56.1 cm³/mol. The summed E-state index contributed by atoms with van der Waals surface area (Å²) in [5.41, 5.74) is 9.53. The lowest BCUT2D eigenvalue weighted by Gasteiger charge is -2.08. The van der Waals surface area contributed by atoms with Gasteiger partial charge in [-0.2, -0.15) is 0 Å². The van der Waals surface area contributed by atoms with Crippen LogP contribution < -0.4 is 5.73 Å². The summed E-state index contributed by atoms with van der Waals surface area (Å²) in [5, 5.41) is 0. The highest BCUT2D eigenvalue weighted by Gasteiger charge is 2.16. The van der Waals surface area contributed by atoms with E-state index in [1.165, 1.54) is 17.7 Å². The SMILES string of the molecule is Cc1nc(CC(C)N)nc2c1CCC2. The third-order valence-corrected chi connectivity index (χ3v) is 2.69. The molecule has 0 spiro atoms. The average Bonchev–Trinajstić information content (AvgIpc) is 2.50. The summed E-state index contributed by atoms with van der Waals surface area (Å²) in [5.74, 6) is 0.915. The van der Waals surface area contributed by atoms with Crippen molar-refractivity contribution >= 4 is 0 Å². The molecule has 0 bridgehead atoms. The monoisotopic (exact) mass is 191 g/mol. The van der Waals surface area contributed by atoms with E-state index < -0.39 is 0 Å². The Balaban J connectivity index is 2.32. The summed E-state index contributed by atoms with van der Waals surface area (Å²) in [7, 11) is 0. The van der Waals surface area contributed by atoms with E-state index in [1.54, 1.807) is 0 Å². The summed E-state index contributed by atoms with van der Waals surface area (Å²) in [6.07, 6.45) is 4.28. The average molecular weight is 191 g/mol. The molecule has 0 fully saturated rings. The first kappa shape index (κ1) is 9.59. The zero-order valence-electron chi connectivity index (χ0n) is 8.88. The molecule has 76 valence electrons. The lowest BCUT2D eigenvalue weighted by Crippen LogP contribution is -2.20. The Morgan fingerprint density at radius 3 is 2.86 bits per heavy atom. The molecule has 0 radical (unpaired) electrons. The lowest BCUT2D eigenvalue weighted by atomic mass is 10.1. The van der Waals surface area contributed by atoms with Crippen LogP contribution in [0.3, 0.4) is 0 Å². The van der Waals surface area contributed by atoms with E-state index in [2.05, 4.69) is 16.9 Å². The highest BCUT2D eigenvalue weighted by atomic mass is 14.9. The minimum absolute atomic E-state index is 0.147. The first-order chi connectivity index (χ1) is 6.66. The van der Waals surface area contributed by atoms with Crippen LogP contribution in [0, 0.1) is 6.92 Å². The predicted octanol–water partition coefficient (Wildman–Crippen LogP) is 1.16. The van der Waals surface area contributed by atoms with Gasteiger partial charge < -0.3 is 5.73 Å². The van der Waals surface area contributed by atoms with E-state index in [1.807, 2.05) is 6.92 Å². The molecule has 1 aliphatic carbocycles. The van der Waals surface area contributed by atoms with Gasteiger partial charge in [0.05, 0.1) is 0 Å². The summed E-state index contributed by atoms with van der Waals surface area (Å²) in [4.78, 5) is 9.06. The van der Waals surface area contributed by atoms with E-state index in [0.717, 1.165) is 30.8 Å². The van der Waals surface area contributed by atoms with Gasteiger partial charge in [0.25, 0.3) is 0 Å². The normalized spacial score (nSPS) is 16.8. The molecule has 1 unspecified atom stereocenters. The molecule has 0 amide bonds. The van der Waals surface area contributed by atoms with Gasteiger partial charge in [-0.1, -0.05) is 0 Å². The van der Waals surface area contributed by atoms with Crippen LogP contribution in [0.1, 0.15) is 36.1 Å². The first-order valence-corrected chi connectivity index (χ1v) is 5.27. The molecule has 1 atom stereocenters. The maximum Gasteiger partial charge on any atom is 0.130 e. The van der Waals surface area contributed by atoms with Gasteiger partial charge in [-0.05, 0) is 38.7 Å². The van der Waals surface area contributed by atoms with E-state index in [9.17, 15) is 0 Å². The first-order valence-electron chi connectivity index (χ1n) is 5.27. The molecule has 3 nitrogen and oxygen atoms in total. The molecule has 3 heteroatoms. The molecule has 1 aliphatic rings. The van der Waals surface area contributed by atoms with Crippen molar-refractivity contribution in [1.29, 1.82) is 0 Å². The maximum atomic E-state index is 5.74. The van der Waals surface area contributed by atoms with Gasteiger partial charge in [0.2, 0.25) is 0 Å². The number of rotatable bonds is 2. The summed E-state index contributed by atoms with van der Waals surface area (Å²) in [6.45, 7) is 4.07. The lowest BCUT2D eigenvalue weighted by molar-refractivity contribution is 0.693. The highest BCUT2D eigenvalue weighted by Crippen LogP contribution is 2.22. The number of fused-ring (bicyclic) bond motifs is 1. The fourth-order valence-electron chi connectivity index (χ4n) is 2.06. The molecule has 2 N–H and O–H groups in total. The van der Waals surface area contributed by atoms with Gasteiger partial charge in [-0.15, -0.1) is 0 Å². The van der Waals surface area contributed by atoms with Crippen LogP contribution in [0.25, 0.3) is 0 Å². The Morgan fingerprint density at radius 2 is 2.14 bits per heavy atom. The fraction of sp³-hybridized carbons (Fsp3) is 0.636. The summed E-state index contributed by atoms with van der Waals surface area (Å²) in [6, 6.07) is 0.147. The number of nitrogens with two attached hydrogens (primary N) is 1. The standard InChI is InChI=1S/C11H17N3/c1-7(12)6-11-13-8(2)9-4-3-5-10(9)14-11/h7H,3-6,12H2,1-2H3. The van der Waals surface area contributed by atoms with Crippen LogP contribution in [0.2, 0.25) is 0 Å². The Morgan fingerprint density at radius 1 is 1.36 bits per heavy atom. The molecule has 0 aliphatic heterocycles. The number of hydrogen-bond acceptors (Lipinski definition) is 3. The fourth-order valence-corrected chi connectivity index (χ4v) is 2.06. The molecular weight excluding hydrogens is 174 g/mol. The van der Waals surface area contributed by atoms with Crippen molar-refractivity contribution in [2.75, 3.05) is 0 Å². The van der Waals surface area contributed by atoms with Gasteiger partial charge >= 0.3 is 0 Å². The largest absolute Gasteiger partial charge is 0.328 e. The molecule has 2 rings (SSSR count). The van der Waals surface area contributed by atoms with Crippen molar-refractivity contribution in [1.82, 2.24) is 9.97 Å². The molecule has 0 saturated heterocycles. The molecular formula is C11H17N3. The second-order valence-corrected chi connectivity index (χ2v) is 4.19. The third kappa shape index (κ3) is 1.77. The van der Waals surface area contributed by atoms with E-state index in [4.69, 9.17) is 5.73 Å². The molecule has 14 heavy (non-hydrogen) atoms. The highest BCUT2D eigenvalue weighted by molar-refractivity contribution is 5.29. The van der Waals surface area contributed by atoms with Gasteiger partial charge in [0.15, 0.2) is 0 Å². The molecule has 1 aromatic rings. The molecule has 1 aromatic heterocycles. The van der Waals surface area contributed by atoms with Crippen molar-refractivity contribution < 1.29 is 0 Å². The van der Waals surface area contributed by atoms with E-state index >= 15 is 0 Å². The zero-order chi connectivity index (χ0) is 10.1. The van der Waals surface area contributed by atoms with Crippen LogP contribution in [0.4, 0.5) is 0 Å². The molecule has 1 heterocycles. The molecule has 0 saturated carbocycles. The van der Waals surface area contributed by atoms with Gasteiger partial charge in [-0.3, -0.25) is 0 Å². The number of hydrogen-bond donors (Lipinski definition) is 1. The molecule has 0 aromatic carbocycles. The minimum atomic E-state index is 0.147. The Hall–Kier alpha value is -0.960. The van der Waals surface area contributed by atoms with Gasteiger partial charge in [0.1, 0.15) is 5.82 Å². The number of aromatic nitrogens is 2. The Kier molecular flexibility index (Phi) is 2.50. The summed E-state index contributed by atoms with van der Waals surface area (Å²) < 4.78 is 0. The van der Waals surface area contributed by atoms with Crippen LogP contribution >= 0.6 is 0 Å². The summed E-state index contributed by atoms with van der Waals surface area (Å²) >= 11 is 0. The van der Waals surface area contributed by atoms with Crippen LogP contribution in [-0.4, -0.2) is 16.0 Å². The second kappa shape index (κ2) is 3.65. The van der Waals surface area contributed by atoms with Crippen molar-refractivity contribution in [3.05, 3.63) is 22.8 Å². The Labute approximate surface area is 84.8 Å². The quantitative estimate of drug-likeness (QED) is 0.763. The van der Waals surface area contributed by atoms with Crippen LogP contribution in [-0.2, 0) is 19.3 Å². The topological polar surface area (TPSA) is 51.8 Å². The second-order valence-electron chi connectivity index (χ2n) is 4.19. The van der Waals surface area contributed by atoms with Crippen LogP contribution in [0.15, 0.2) is 0 Å². The van der Waals surface area contributed by atoms with Gasteiger partial charge in [-0.25, -0.2) is 9.97 Å². The van der Waals surface area contributed by atoms with Crippen molar-refractivity contribution in [3.63, 3.8) is 0 Å². The zero-order valence-corrected chi connectivity index (χ0v) is 8.88. The minimum Gasteiger partial charge on any atom is -0.328 e. The van der Waals surface area contributed by atoms with Crippen LogP contribution in [0.5, 0.6) is 0 Å². The number of nitrogens with zero attached hydrogens (tertiary/aromatic N) is 2. The van der Waals surface area contributed by atoms with Crippen molar-refractivity contribution in [3.8, 4) is 0 Å². The smallest absolute Gasteiger partial charge is 0.130 e. The van der Waals surface area contributed by atoms with Crippen molar-refractivity contribution in [2.24, 2.45) is 5.73 Å². The third-order valence-electron chi connectivity index (χ3n) is 2.69. The number of aryl methyl sites for hydroxylation is 2. The Bertz CT molecular complexity index is 345. The van der Waals surface area contributed by atoms with E-state index in [-0.39, 0.29) is 6.04 Å². The van der Waals surface area contributed by atoms with E-state index in [0.29, 0.717) is 0 Å². The maximum absolute atomic E-state index is 5.74. The van der Waals surface area contributed by atoms with Gasteiger partial charge in [0, 0.05) is 23.9 Å².